The van der Waals surface area contributed by atoms with Gasteiger partial charge in [-0.15, -0.1) is 10.2 Å². The number of carbonyl (C=O) groups is 1. The number of hydrogen-bond acceptors (Lipinski definition) is 6. The minimum atomic E-state index is -0.263. The van der Waals surface area contributed by atoms with E-state index in [1.807, 2.05) is 54.6 Å². The molecule has 1 aliphatic heterocycles. The SMILES string of the molecule is O=C(/C=C/C=C/c1ccc2c(c1)OCO2)Nc1nnc(-c2ccccc2)s1. The van der Waals surface area contributed by atoms with E-state index in [0.29, 0.717) is 5.13 Å². The molecule has 6 nitrogen and oxygen atoms in total. The summed E-state index contributed by atoms with van der Waals surface area (Å²) in [5.41, 5.74) is 1.93. The highest BCUT2D eigenvalue weighted by atomic mass is 32.1. The maximum atomic E-state index is 12.0. The van der Waals surface area contributed by atoms with Crippen molar-refractivity contribution in [1.29, 1.82) is 0 Å². The van der Waals surface area contributed by atoms with E-state index in [1.54, 1.807) is 12.2 Å². The zero-order chi connectivity index (χ0) is 18.5. The largest absolute Gasteiger partial charge is 0.454 e. The first kappa shape index (κ1) is 17.0. The third-order valence-corrected chi connectivity index (χ3v) is 4.61. The molecule has 0 radical (unpaired) electrons. The molecule has 27 heavy (non-hydrogen) atoms. The van der Waals surface area contributed by atoms with Gasteiger partial charge in [0.05, 0.1) is 0 Å². The standard InChI is InChI=1S/C20H15N3O3S/c24-18(21-20-23-22-19(27-20)15-7-2-1-3-8-15)9-5-4-6-14-10-11-16-17(12-14)26-13-25-16/h1-12H,13H2,(H,21,23,24)/b6-4+,9-5+. The van der Waals surface area contributed by atoms with E-state index in [4.69, 9.17) is 9.47 Å². The Morgan fingerprint density at radius 3 is 2.78 bits per heavy atom. The Morgan fingerprint density at radius 2 is 1.89 bits per heavy atom. The second kappa shape index (κ2) is 7.84. The second-order valence-electron chi connectivity index (χ2n) is 5.60. The van der Waals surface area contributed by atoms with Gasteiger partial charge < -0.3 is 9.47 Å². The van der Waals surface area contributed by atoms with Crippen molar-refractivity contribution < 1.29 is 14.3 Å². The minimum absolute atomic E-state index is 0.250. The number of nitrogens with zero attached hydrogens (tertiary/aromatic N) is 2. The lowest BCUT2D eigenvalue weighted by molar-refractivity contribution is -0.111. The highest BCUT2D eigenvalue weighted by Gasteiger charge is 2.12. The highest BCUT2D eigenvalue weighted by Crippen LogP contribution is 2.32. The number of nitrogens with one attached hydrogen (secondary N) is 1. The number of rotatable bonds is 5. The normalized spacial score (nSPS) is 12.7. The third kappa shape index (κ3) is 4.21. The highest BCUT2D eigenvalue weighted by molar-refractivity contribution is 7.18. The zero-order valence-electron chi connectivity index (χ0n) is 14.2. The Kier molecular flexibility index (Phi) is 4.93. The van der Waals surface area contributed by atoms with Crippen LogP contribution in [0.25, 0.3) is 16.6 Å². The number of ether oxygens (including phenoxy) is 2. The molecule has 0 unspecified atom stereocenters. The van der Waals surface area contributed by atoms with Crippen molar-refractivity contribution in [3.8, 4) is 22.1 Å². The van der Waals surface area contributed by atoms with Crippen LogP contribution in [0.4, 0.5) is 5.13 Å². The van der Waals surface area contributed by atoms with Crippen LogP contribution in [0.15, 0.2) is 66.8 Å². The van der Waals surface area contributed by atoms with Gasteiger partial charge >= 0.3 is 0 Å². The van der Waals surface area contributed by atoms with Crippen LogP contribution in [-0.4, -0.2) is 22.9 Å². The molecular formula is C20H15N3O3S. The summed E-state index contributed by atoms with van der Waals surface area (Å²) in [6.07, 6.45) is 6.77. The quantitative estimate of drug-likeness (QED) is 0.534. The minimum Gasteiger partial charge on any atom is -0.454 e. The maximum absolute atomic E-state index is 12.0. The molecule has 2 heterocycles. The van der Waals surface area contributed by atoms with Gasteiger partial charge in [-0.2, -0.15) is 0 Å². The molecule has 1 N–H and O–H groups in total. The molecule has 0 atom stereocenters. The Hall–Kier alpha value is -3.45. The van der Waals surface area contributed by atoms with E-state index in [1.165, 1.54) is 17.4 Å². The molecule has 0 saturated heterocycles. The lowest BCUT2D eigenvalue weighted by atomic mass is 10.2. The monoisotopic (exact) mass is 377 g/mol. The molecule has 1 amide bonds. The van der Waals surface area contributed by atoms with Gasteiger partial charge in [-0.3, -0.25) is 10.1 Å². The van der Waals surface area contributed by atoms with Crippen LogP contribution in [0.1, 0.15) is 5.56 Å². The van der Waals surface area contributed by atoms with Crippen molar-refractivity contribution in [2.24, 2.45) is 0 Å². The summed E-state index contributed by atoms with van der Waals surface area (Å²) in [6.45, 7) is 0.250. The van der Waals surface area contributed by atoms with Gasteiger partial charge in [0.2, 0.25) is 17.8 Å². The molecule has 3 aromatic rings. The summed E-state index contributed by atoms with van der Waals surface area (Å²) in [5, 5.41) is 12.0. The van der Waals surface area contributed by atoms with E-state index < -0.39 is 0 Å². The van der Waals surface area contributed by atoms with Crippen LogP contribution < -0.4 is 14.8 Å². The molecule has 1 aromatic heterocycles. The van der Waals surface area contributed by atoms with Gasteiger partial charge in [-0.1, -0.05) is 66.0 Å². The Bertz CT molecular complexity index is 1010. The van der Waals surface area contributed by atoms with Gasteiger partial charge in [0, 0.05) is 11.6 Å². The number of allylic oxidation sites excluding steroid dienone is 2. The van der Waals surface area contributed by atoms with Gasteiger partial charge in [0.1, 0.15) is 5.01 Å². The van der Waals surface area contributed by atoms with Crippen LogP contribution in [-0.2, 0) is 4.79 Å². The third-order valence-electron chi connectivity index (χ3n) is 3.72. The van der Waals surface area contributed by atoms with Gasteiger partial charge in [0.25, 0.3) is 0 Å². The summed E-state index contributed by atoms with van der Waals surface area (Å²) in [5.74, 6) is 1.21. The molecule has 7 heteroatoms. The fourth-order valence-electron chi connectivity index (χ4n) is 2.44. The number of amides is 1. The first-order chi connectivity index (χ1) is 13.3. The van der Waals surface area contributed by atoms with Crippen molar-refractivity contribution in [2.75, 3.05) is 12.1 Å². The van der Waals surface area contributed by atoms with E-state index in [0.717, 1.165) is 27.6 Å². The van der Waals surface area contributed by atoms with Gasteiger partial charge in [0.15, 0.2) is 11.5 Å². The smallest absolute Gasteiger partial charge is 0.250 e. The molecule has 0 aliphatic carbocycles. The van der Waals surface area contributed by atoms with E-state index in [9.17, 15) is 4.79 Å². The summed E-state index contributed by atoms with van der Waals surface area (Å²) in [7, 11) is 0. The predicted octanol–water partition coefficient (Wildman–Crippen LogP) is 4.14. The predicted molar refractivity (Wildman–Crippen MR) is 105 cm³/mol. The number of hydrogen-bond donors (Lipinski definition) is 1. The van der Waals surface area contributed by atoms with Crippen molar-refractivity contribution in [1.82, 2.24) is 10.2 Å². The number of aromatic nitrogens is 2. The number of anilines is 1. The Balaban J connectivity index is 1.33. The molecular weight excluding hydrogens is 362 g/mol. The molecule has 134 valence electrons. The van der Waals surface area contributed by atoms with Crippen LogP contribution in [0.2, 0.25) is 0 Å². The number of fused-ring (bicyclic) bond motifs is 1. The van der Waals surface area contributed by atoms with Crippen molar-refractivity contribution in [2.45, 2.75) is 0 Å². The van der Waals surface area contributed by atoms with Crippen molar-refractivity contribution >= 4 is 28.5 Å². The topological polar surface area (TPSA) is 73.3 Å². The fourth-order valence-corrected chi connectivity index (χ4v) is 3.20. The first-order valence-electron chi connectivity index (χ1n) is 8.22. The summed E-state index contributed by atoms with van der Waals surface area (Å²) in [6, 6.07) is 15.4. The average Bonchev–Trinajstić information content (AvgIpc) is 3.35. The molecule has 1 aliphatic rings. The van der Waals surface area contributed by atoms with Gasteiger partial charge in [-0.05, 0) is 17.7 Å². The van der Waals surface area contributed by atoms with Crippen LogP contribution >= 0.6 is 11.3 Å². The average molecular weight is 377 g/mol. The summed E-state index contributed by atoms with van der Waals surface area (Å²) in [4.78, 5) is 12.0. The first-order valence-corrected chi connectivity index (χ1v) is 9.04. The molecule has 0 spiro atoms. The van der Waals surface area contributed by atoms with Gasteiger partial charge in [-0.25, -0.2) is 0 Å². The van der Waals surface area contributed by atoms with E-state index in [2.05, 4.69) is 15.5 Å². The maximum Gasteiger partial charge on any atom is 0.250 e. The molecule has 0 bridgehead atoms. The van der Waals surface area contributed by atoms with Crippen LogP contribution in [0.5, 0.6) is 11.5 Å². The fraction of sp³-hybridized carbons (Fsp3) is 0.0500. The summed E-state index contributed by atoms with van der Waals surface area (Å²) >= 11 is 1.33. The number of benzene rings is 2. The molecule has 0 saturated carbocycles. The number of carbonyl (C=O) groups excluding carboxylic acids is 1. The van der Waals surface area contributed by atoms with Crippen molar-refractivity contribution in [3.63, 3.8) is 0 Å². The Labute approximate surface area is 159 Å². The van der Waals surface area contributed by atoms with Crippen LogP contribution in [0, 0.1) is 0 Å². The zero-order valence-corrected chi connectivity index (χ0v) is 15.0. The van der Waals surface area contributed by atoms with Crippen molar-refractivity contribution in [3.05, 3.63) is 72.3 Å². The lowest BCUT2D eigenvalue weighted by Gasteiger charge is -1.96. The molecule has 0 fully saturated rings. The Morgan fingerprint density at radius 1 is 1.04 bits per heavy atom. The summed E-state index contributed by atoms with van der Waals surface area (Å²) < 4.78 is 10.6. The lowest BCUT2D eigenvalue weighted by Crippen LogP contribution is -2.07. The van der Waals surface area contributed by atoms with Crippen LogP contribution in [0.3, 0.4) is 0 Å². The van der Waals surface area contributed by atoms with E-state index >= 15 is 0 Å². The second-order valence-corrected chi connectivity index (χ2v) is 6.58. The molecule has 2 aromatic carbocycles. The molecule has 4 rings (SSSR count). The van der Waals surface area contributed by atoms with E-state index in [-0.39, 0.29) is 12.7 Å².